The van der Waals surface area contributed by atoms with Gasteiger partial charge in [-0.05, 0) is 35.9 Å². The van der Waals surface area contributed by atoms with E-state index in [-0.39, 0.29) is 23.8 Å². The molecular formula is C15H12FN3O2. The quantitative estimate of drug-likeness (QED) is 0.689. The van der Waals surface area contributed by atoms with Gasteiger partial charge in [-0.25, -0.2) is 9.18 Å². The fraction of sp³-hybridized carbons (Fsp3) is 0.0667. The van der Waals surface area contributed by atoms with Crippen LogP contribution in [0.2, 0.25) is 0 Å². The van der Waals surface area contributed by atoms with Crippen molar-refractivity contribution in [2.75, 3.05) is 5.32 Å². The second kappa shape index (κ2) is 5.24. The number of carbonyl (C=O) groups excluding carboxylic acids is 1. The van der Waals surface area contributed by atoms with Crippen LogP contribution in [0.15, 0.2) is 47.3 Å². The zero-order valence-corrected chi connectivity index (χ0v) is 10.9. The van der Waals surface area contributed by atoms with E-state index in [2.05, 4.69) is 15.3 Å². The Hall–Kier alpha value is -2.89. The molecule has 0 saturated heterocycles. The topological polar surface area (TPSA) is 77.8 Å². The molecule has 3 N–H and O–H groups in total. The molecule has 3 aromatic rings. The molecule has 3 rings (SSSR count). The van der Waals surface area contributed by atoms with E-state index < -0.39 is 0 Å². The molecule has 0 aliphatic heterocycles. The fourth-order valence-electron chi connectivity index (χ4n) is 2.10. The molecular weight excluding hydrogens is 273 g/mol. The second-order valence-corrected chi connectivity index (χ2v) is 4.69. The number of halogens is 1. The molecule has 0 spiro atoms. The summed E-state index contributed by atoms with van der Waals surface area (Å²) in [7, 11) is 0. The largest absolute Gasteiger partial charge is 0.326 e. The summed E-state index contributed by atoms with van der Waals surface area (Å²) >= 11 is 0. The lowest BCUT2D eigenvalue weighted by atomic mass is 10.1. The summed E-state index contributed by atoms with van der Waals surface area (Å²) in [5, 5.41) is 2.74. The molecule has 0 aliphatic rings. The molecule has 0 radical (unpaired) electrons. The van der Waals surface area contributed by atoms with Crippen LogP contribution in [-0.2, 0) is 11.2 Å². The number of hydrogen-bond donors (Lipinski definition) is 3. The Bertz CT molecular complexity index is 849. The van der Waals surface area contributed by atoms with Crippen LogP contribution >= 0.6 is 0 Å². The summed E-state index contributed by atoms with van der Waals surface area (Å²) in [5.74, 6) is -0.542. The van der Waals surface area contributed by atoms with Gasteiger partial charge in [0.25, 0.3) is 0 Å². The lowest BCUT2D eigenvalue weighted by Gasteiger charge is -2.05. The number of amides is 1. The normalized spacial score (nSPS) is 10.7. The number of benzene rings is 2. The number of aromatic amines is 2. The monoisotopic (exact) mass is 285 g/mol. The van der Waals surface area contributed by atoms with E-state index in [1.807, 2.05) is 0 Å². The van der Waals surface area contributed by atoms with Crippen LogP contribution < -0.4 is 11.0 Å². The summed E-state index contributed by atoms with van der Waals surface area (Å²) < 4.78 is 12.8. The van der Waals surface area contributed by atoms with Crippen molar-refractivity contribution < 1.29 is 9.18 Å². The average Bonchev–Trinajstić information content (AvgIpc) is 2.80. The Morgan fingerprint density at radius 1 is 1.05 bits per heavy atom. The molecule has 0 unspecified atom stereocenters. The second-order valence-electron chi connectivity index (χ2n) is 4.69. The number of anilines is 1. The van der Waals surface area contributed by atoms with E-state index in [9.17, 15) is 14.0 Å². The minimum atomic E-state index is -0.332. The van der Waals surface area contributed by atoms with E-state index in [0.717, 1.165) is 5.56 Å². The third-order valence-electron chi connectivity index (χ3n) is 3.08. The van der Waals surface area contributed by atoms with Crippen LogP contribution in [0.4, 0.5) is 10.1 Å². The molecule has 2 aromatic carbocycles. The lowest BCUT2D eigenvalue weighted by Crippen LogP contribution is -2.14. The number of imidazole rings is 1. The Kier molecular flexibility index (Phi) is 3.27. The smallest absolute Gasteiger partial charge is 0.323 e. The first-order valence-corrected chi connectivity index (χ1v) is 6.36. The molecule has 0 aliphatic carbocycles. The highest BCUT2D eigenvalue weighted by atomic mass is 19.1. The number of aromatic nitrogens is 2. The van der Waals surface area contributed by atoms with Gasteiger partial charge in [0.05, 0.1) is 17.5 Å². The minimum Gasteiger partial charge on any atom is -0.326 e. The number of nitrogens with one attached hydrogen (secondary N) is 3. The van der Waals surface area contributed by atoms with Crippen LogP contribution in [0.1, 0.15) is 5.56 Å². The SMILES string of the molecule is O=C(Cc1ccc(F)cc1)Nc1ccc2[nH]c(=O)[nH]c2c1. The van der Waals surface area contributed by atoms with Gasteiger partial charge in [0.15, 0.2) is 0 Å². The molecule has 1 aromatic heterocycles. The van der Waals surface area contributed by atoms with E-state index in [1.54, 1.807) is 30.3 Å². The van der Waals surface area contributed by atoms with Gasteiger partial charge in [-0.15, -0.1) is 0 Å². The molecule has 0 bridgehead atoms. The molecule has 5 nitrogen and oxygen atoms in total. The molecule has 0 atom stereocenters. The minimum absolute atomic E-state index is 0.155. The molecule has 1 heterocycles. The van der Waals surface area contributed by atoms with E-state index in [1.165, 1.54) is 12.1 Å². The van der Waals surface area contributed by atoms with Crippen molar-refractivity contribution in [2.45, 2.75) is 6.42 Å². The van der Waals surface area contributed by atoms with Crippen molar-refractivity contribution in [3.8, 4) is 0 Å². The van der Waals surface area contributed by atoms with Gasteiger partial charge in [0.1, 0.15) is 5.82 Å². The van der Waals surface area contributed by atoms with Gasteiger partial charge < -0.3 is 15.3 Å². The molecule has 106 valence electrons. The Morgan fingerprint density at radius 3 is 2.52 bits per heavy atom. The zero-order valence-electron chi connectivity index (χ0n) is 10.9. The van der Waals surface area contributed by atoms with Crippen LogP contribution in [-0.4, -0.2) is 15.9 Å². The molecule has 0 fully saturated rings. The van der Waals surface area contributed by atoms with Crippen molar-refractivity contribution in [1.82, 2.24) is 9.97 Å². The molecule has 21 heavy (non-hydrogen) atoms. The van der Waals surface area contributed by atoms with Crippen molar-refractivity contribution >= 4 is 22.6 Å². The van der Waals surface area contributed by atoms with Gasteiger partial charge in [-0.1, -0.05) is 12.1 Å². The van der Waals surface area contributed by atoms with Gasteiger partial charge in [-0.2, -0.15) is 0 Å². The van der Waals surface area contributed by atoms with Crippen molar-refractivity contribution in [2.24, 2.45) is 0 Å². The van der Waals surface area contributed by atoms with Crippen LogP contribution in [0.25, 0.3) is 11.0 Å². The van der Waals surface area contributed by atoms with Gasteiger partial charge in [0, 0.05) is 5.69 Å². The Balaban J connectivity index is 1.73. The molecule has 6 heteroatoms. The predicted molar refractivity (Wildman–Crippen MR) is 77.7 cm³/mol. The van der Waals surface area contributed by atoms with E-state index in [0.29, 0.717) is 16.7 Å². The standard InChI is InChI=1S/C15H12FN3O2/c16-10-3-1-9(2-4-10)7-14(20)17-11-5-6-12-13(8-11)19-15(21)18-12/h1-6,8H,7H2,(H,17,20)(H2,18,19,21). The van der Waals surface area contributed by atoms with E-state index >= 15 is 0 Å². The Labute approximate surface area is 118 Å². The first-order chi connectivity index (χ1) is 10.1. The molecule has 1 amide bonds. The maximum absolute atomic E-state index is 12.8. The van der Waals surface area contributed by atoms with Crippen molar-refractivity contribution in [3.63, 3.8) is 0 Å². The maximum atomic E-state index is 12.8. The highest BCUT2D eigenvalue weighted by Gasteiger charge is 2.06. The van der Waals surface area contributed by atoms with Gasteiger partial charge in [0.2, 0.25) is 5.91 Å². The van der Waals surface area contributed by atoms with Crippen LogP contribution in [0.5, 0.6) is 0 Å². The van der Waals surface area contributed by atoms with Crippen LogP contribution in [0, 0.1) is 5.82 Å². The number of carbonyl (C=O) groups is 1. The summed E-state index contributed by atoms with van der Waals surface area (Å²) in [6, 6.07) is 10.9. The lowest BCUT2D eigenvalue weighted by molar-refractivity contribution is -0.115. The fourth-order valence-corrected chi connectivity index (χ4v) is 2.10. The summed E-state index contributed by atoms with van der Waals surface area (Å²) in [4.78, 5) is 28.3. The van der Waals surface area contributed by atoms with Gasteiger partial charge >= 0.3 is 5.69 Å². The van der Waals surface area contributed by atoms with Crippen molar-refractivity contribution in [1.29, 1.82) is 0 Å². The summed E-state index contributed by atoms with van der Waals surface area (Å²) in [6.07, 6.45) is 0.155. The number of rotatable bonds is 3. The third-order valence-corrected chi connectivity index (χ3v) is 3.08. The first kappa shape index (κ1) is 13.1. The first-order valence-electron chi connectivity index (χ1n) is 6.36. The zero-order chi connectivity index (χ0) is 14.8. The highest BCUT2D eigenvalue weighted by Crippen LogP contribution is 2.15. The highest BCUT2D eigenvalue weighted by molar-refractivity contribution is 5.94. The van der Waals surface area contributed by atoms with Crippen LogP contribution in [0.3, 0.4) is 0 Å². The summed E-state index contributed by atoms with van der Waals surface area (Å²) in [5.41, 5.74) is 2.32. The maximum Gasteiger partial charge on any atom is 0.323 e. The number of H-pyrrole nitrogens is 2. The number of hydrogen-bond acceptors (Lipinski definition) is 2. The number of fused-ring (bicyclic) bond motifs is 1. The molecule has 0 saturated carbocycles. The van der Waals surface area contributed by atoms with E-state index in [4.69, 9.17) is 0 Å². The van der Waals surface area contributed by atoms with Crippen molar-refractivity contribution in [3.05, 3.63) is 64.3 Å². The average molecular weight is 285 g/mol. The summed E-state index contributed by atoms with van der Waals surface area (Å²) in [6.45, 7) is 0. The third kappa shape index (κ3) is 3.00. The predicted octanol–water partition coefficient (Wildman–Crippen LogP) is 2.18. The Morgan fingerprint density at radius 2 is 1.76 bits per heavy atom. The van der Waals surface area contributed by atoms with Gasteiger partial charge in [-0.3, -0.25) is 4.79 Å².